The average molecular weight is 242 g/mol. The molecule has 1 N–H and O–H groups in total. The third-order valence-corrected chi connectivity index (χ3v) is 5.34. The molecule has 2 rings (SSSR count). The summed E-state index contributed by atoms with van der Waals surface area (Å²) in [5.74, 6) is 3.22. The highest BCUT2D eigenvalue weighted by atomic mass is 32.2. The van der Waals surface area contributed by atoms with Crippen molar-refractivity contribution in [1.82, 2.24) is 10.2 Å². The van der Waals surface area contributed by atoms with E-state index in [1.165, 1.54) is 38.1 Å². The normalized spacial score (nSPS) is 35.6. The number of fused-ring (bicyclic) bond motifs is 1. The fourth-order valence-corrected chi connectivity index (χ4v) is 4.10. The van der Waals surface area contributed by atoms with Gasteiger partial charge in [-0.25, -0.2) is 0 Å². The lowest BCUT2D eigenvalue weighted by Crippen LogP contribution is -2.43. The quantitative estimate of drug-likeness (QED) is 0.794. The predicted molar refractivity (Wildman–Crippen MR) is 73.1 cm³/mol. The monoisotopic (exact) mass is 242 g/mol. The fourth-order valence-electron chi connectivity index (χ4n) is 3.36. The Morgan fingerprint density at radius 3 is 3.00 bits per heavy atom. The number of thioether (sulfide) groups is 1. The van der Waals surface area contributed by atoms with Crippen LogP contribution in [0.15, 0.2) is 0 Å². The van der Waals surface area contributed by atoms with E-state index >= 15 is 0 Å². The van der Waals surface area contributed by atoms with E-state index in [1.807, 2.05) is 11.8 Å². The summed E-state index contributed by atoms with van der Waals surface area (Å²) in [4.78, 5) is 2.54. The van der Waals surface area contributed by atoms with Crippen molar-refractivity contribution >= 4 is 11.8 Å². The minimum atomic E-state index is 0.706. The molecule has 94 valence electrons. The lowest BCUT2D eigenvalue weighted by molar-refractivity contribution is 0.228. The number of nitrogens with one attached hydrogen (secondary N) is 1. The van der Waals surface area contributed by atoms with Gasteiger partial charge in [-0.15, -0.1) is 0 Å². The highest BCUT2D eigenvalue weighted by molar-refractivity contribution is 7.98. The zero-order chi connectivity index (χ0) is 11.5. The third kappa shape index (κ3) is 2.74. The first-order valence-electron chi connectivity index (χ1n) is 6.65. The van der Waals surface area contributed by atoms with Crippen molar-refractivity contribution in [1.29, 1.82) is 0 Å². The van der Waals surface area contributed by atoms with Crippen LogP contribution in [-0.4, -0.2) is 49.1 Å². The van der Waals surface area contributed by atoms with Gasteiger partial charge in [-0.3, -0.25) is 0 Å². The Labute approximate surface area is 105 Å². The minimum Gasteiger partial charge on any atom is -0.312 e. The topological polar surface area (TPSA) is 15.3 Å². The van der Waals surface area contributed by atoms with Crippen molar-refractivity contribution in [3.05, 3.63) is 0 Å². The number of likely N-dealkylation sites (N-methyl/N-ethyl adjacent to an activating group) is 1. The first kappa shape index (κ1) is 12.7. The molecule has 1 saturated heterocycles. The van der Waals surface area contributed by atoms with E-state index in [4.69, 9.17) is 0 Å². The van der Waals surface area contributed by atoms with Crippen LogP contribution in [0.3, 0.4) is 0 Å². The molecule has 2 nitrogen and oxygen atoms in total. The molecule has 2 fully saturated rings. The second-order valence-corrected chi connectivity index (χ2v) is 6.52. The van der Waals surface area contributed by atoms with Crippen molar-refractivity contribution in [3.8, 4) is 0 Å². The maximum Gasteiger partial charge on any atom is 0.0226 e. The largest absolute Gasteiger partial charge is 0.312 e. The molecule has 3 heteroatoms. The molecule has 0 radical (unpaired) electrons. The summed E-state index contributed by atoms with van der Waals surface area (Å²) < 4.78 is 0. The van der Waals surface area contributed by atoms with Crippen molar-refractivity contribution in [2.75, 3.05) is 32.1 Å². The molecule has 2 aliphatic rings. The van der Waals surface area contributed by atoms with Gasteiger partial charge >= 0.3 is 0 Å². The molecule has 1 saturated carbocycles. The van der Waals surface area contributed by atoms with Gasteiger partial charge in [0.05, 0.1) is 0 Å². The zero-order valence-electron chi connectivity index (χ0n) is 10.9. The molecule has 0 amide bonds. The maximum absolute atomic E-state index is 3.74. The number of rotatable bonds is 5. The van der Waals surface area contributed by atoms with Gasteiger partial charge in [-0.1, -0.05) is 6.42 Å². The molecular formula is C13H26N2S. The summed E-state index contributed by atoms with van der Waals surface area (Å²) in [7, 11) is 2.28. The van der Waals surface area contributed by atoms with Gasteiger partial charge in [0.25, 0.3) is 0 Å². The molecule has 0 bridgehead atoms. The van der Waals surface area contributed by atoms with Crippen molar-refractivity contribution in [3.63, 3.8) is 0 Å². The lowest BCUT2D eigenvalue weighted by Gasteiger charge is -2.29. The van der Waals surface area contributed by atoms with E-state index in [0.717, 1.165) is 17.9 Å². The molecule has 0 aromatic carbocycles. The van der Waals surface area contributed by atoms with Gasteiger partial charge in [-0.05, 0) is 51.4 Å². The van der Waals surface area contributed by atoms with E-state index in [1.54, 1.807) is 0 Å². The summed E-state index contributed by atoms with van der Waals surface area (Å²) in [6, 6.07) is 1.47. The van der Waals surface area contributed by atoms with Gasteiger partial charge in [0, 0.05) is 24.4 Å². The minimum absolute atomic E-state index is 0.706. The highest BCUT2D eigenvalue weighted by Gasteiger charge is 2.39. The number of nitrogens with zero attached hydrogens (tertiary/aromatic N) is 1. The van der Waals surface area contributed by atoms with Crippen molar-refractivity contribution in [2.45, 2.75) is 38.3 Å². The molecule has 0 aromatic heterocycles. The van der Waals surface area contributed by atoms with E-state index in [-0.39, 0.29) is 0 Å². The summed E-state index contributed by atoms with van der Waals surface area (Å²) >= 11 is 1.95. The van der Waals surface area contributed by atoms with Crippen molar-refractivity contribution < 1.29 is 0 Å². The molecule has 1 aliphatic heterocycles. The fraction of sp³-hybridized carbons (Fsp3) is 1.00. The maximum atomic E-state index is 3.74. The van der Waals surface area contributed by atoms with Gasteiger partial charge in [0.1, 0.15) is 0 Å². The third-order valence-electron chi connectivity index (χ3n) is 4.52. The van der Waals surface area contributed by atoms with E-state index in [2.05, 4.69) is 30.4 Å². The number of hydrogen-bond acceptors (Lipinski definition) is 3. The van der Waals surface area contributed by atoms with Gasteiger partial charge in [0.2, 0.25) is 0 Å². The molecule has 1 aliphatic carbocycles. The molecule has 0 spiro atoms. The molecule has 16 heavy (non-hydrogen) atoms. The summed E-state index contributed by atoms with van der Waals surface area (Å²) in [5.41, 5.74) is 0. The Morgan fingerprint density at radius 1 is 1.44 bits per heavy atom. The summed E-state index contributed by atoms with van der Waals surface area (Å²) in [5, 5.41) is 3.74. The smallest absolute Gasteiger partial charge is 0.0226 e. The average Bonchev–Trinajstić information content (AvgIpc) is 2.83. The lowest BCUT2D eigenvalue weighted by atomic mass is 9.94. The molecular weight excluding hydrogens is 216 g/mol. The molecule has 1 heterocycles. The Balaban J connectivity index is 1.80. The Hall–Kier alpha value is 0.270. The molecule has 0 aromatic rings. The first-order valence-corrected chi connectivity index (χ1v) is 8.04. The summed E-state index contributed by atoms with van der Waals surface area (Å²) in [6.07, 6.45) is 6.61. The second-order valence-electron chi connectivity index (χ2n) is 5.61. The van der Waals surface area contributed by atoms with E-state index < -0.39 is 0 Å². The SMILES string of the molecule is CSCC(C)N(C)CC1NCC2CCCC21. The van der Waals surface area contributed by atoms with Crippen LogP contribution in [0.4, 0.5) is 0 Å². The van der Waals surface area contributed by atoms with Crippen LogP contribution in [0.2, 0.25) is 0 Å². The highest BCUT2D eigenvalue weighted by Crippen LogP contribution is 2.37. The van der Waals surface area contributed by atoms with E-state index in [0.29, 0.717) is 6.04 Å². The first-order chi connectivity index (χ1) is 7.72. The Morgan fingerprint density at radius 2 is 2.25 bits per heavy atom. The summed E-state index contributed by atoms with van der Waals surface area (Å²) in [6.45, 7) is 4.86. The van der Waals surface area contributed by atoms with Crippen LogP contribution >= 0.6 is 11.8 Å². The Bertz CT molecular complexity index is 222. The van der Waals surface area contributed by atoms with Crippen LogP contribution in [-0.2, 0) is 0 Å². The predicted octanol–water partition coefficient (Wildman–Crippen LogP) is 2.06. The van der Waals surface area contributed by atoms with Gasteiger partial charge in [-0.2, -0.15) is 11.8 Å². The Kier molecular flexibility index (Phi) is 4.57. The van der Waals surface area contributed by atoms with Crippen LogP contribution in [0.25, 0.3) is 0 Å². The molecule has 4 atom stereocenters. The molecule has 4 unspecified atom stereocenters. The number of hydrogen-bond donors (Lipinski definition) is 1. The van der Waals surface area contributed by atoms with Gasteiger partial charge < -0.3 is 10.2 Å². The second kappa shape index (κ2) is 5.74. The van der Waals surface area contributed by atoms with E-state index in [9.17, 15) is 0 Å². The van der Waals surface area contributed by atoms with Crippen LogP contribution in [0, 0.1) is 11.8 Å². The van der Waals surface area contributed by atoms with Crippen LogP contribution < -0.4 is 5.32 Å². The van der Waals surface area contributed by atoms with Gasteiger partial charge in [0.15, 0.2) is 0 Å². The van der Waals surface area contributed by atoms with Crippen LogP contribution in [0.1, 0.15) is 26.2 Å². The van der Waals surface area contributed by atoms with Crippen molar-refractivity contribution in [2.24, 2.45) is 11.8 Å². The zero-order valence-corrected chi connectivity index (χ0v) is 11.7. The van der Waals surface area contributed by atoms with Crippen LogP contribution in [0.5, 0.6) is 0 Å². The standard InChI is InChI=1S/C13H26N2S/c1-10(9-16-3)15(2)8-13-12-6-4-5-11(12)7-14-13/h10-14H,4-9H2,1-3H3.